The molecule has 0 saturated carbocycles. The van der Waals surface area contributed by atoms with Gasteiger partial charge in [-0.2, -0.15) is 0 Å². The third-order valence-corrected chi connectivity index (χ3v) is 5.96. The van der Waals surface area contributed by atoms with Gasteiger partial charge >= 0.3 is 0 Å². The summed E-state index contributed by atoms with van der Waals surface area (Å²) in [6.45, 7) is 0.907. The maximum Gasteiger partial charge on any atom is 0.227 e. The summed E-state index contributed by atoms with van der Waals surface area (Å²) < 4.78 is 0. The molecule has 2 N–H and O–H groups in total. The molecule has 0 bridgehead atoms. The van der Waals surface area contributed by atoms with E-state index < -0.39 is 5.41 Å². The zero-order valence-corrected chi connectivity index (χ0v) is 16.8. The first-order valence-electron chi connectivity index (χ1n) is 10.2. The largest absolute Gasteiger partial charge is 0.369 e. The Morgan fingerprint density at radius 3 is 2.40 bits per heavy atom. The molecule has 1 unspecified atom stereocenters. The first-order valence-corrected chi connectivity index (χ1v) is 10.2. The lowest BCUT2D eigenvalue weighted by atomic mass is 9.78. The average molecular weight is 399 g/mol. The quantitative estimate of drug-likeness (QED) is 0.691. The molecule has 1 aliphatic rings. The molecule has 2 amide bonds. The van der Waals surface area contributed by atoms with E-state index in [1.165, 1.54) is 0 Å². The number of carbonyl (C=O) groups is 2. The predicted molar refractivity (Wildman–Crippen MR) is 116 cm³/mol. The van der Waals surface area contributed by atoms with Gasteiger partial charge in [-0.3, -0.25) is 14.6 Å². The zero-order chi connectivity index (χ0) is 21.0. The molecule has 1 atom stereocenters. The van der Waals surface area contributed by atoms with Crippen molar-refractivity contribution in [1.82, 2.24) is 9.88 Å². The number of rotatable bonds is 6. The van der Waals surface area contributed by atoms with Crippen molar-refractivity contribution < 1.29 is 9.59 Å². The van der Waals surface area contributed by atoms with Gasteiger partial charge in [-0.15, -0.1) is 0 Å². The number of nitrogens with two attached hydrogens (primary N) is 1. The first kappa shape index (κ1) is 19.8. The number of benzene rings is 2. The van der Waals surface area contributed by atoms with Crippen LogP contribution >= 0.6 is 0 Å². The van der Waals surface area contributed by atoms with Crippen LogP contribution in [0.2, 0.25) is 0 Å². The normalized spacial score (nSPS) is 18.3. The van der Waals surface area contributed by atoms with Crippen molar-refractivity contribution in [3.63, 3.8) is 0 Å². The topological polar surface area (TPSA) is 76.3 Å². The second-order valence-corrected chi connectivity index (χ2v) is 7.94. The molecule has 4 rings (SSSR count). The Morgan fingerprint density at radius 2 is 1.67 bits per heavy atom. The van der Waals surface area contributed by atoms with Gasteiger partial charge in [0.1, 0.15) is 0 Å². The van der Waals surface area contributed by atoms with Gasteiger partial charge in [0, 0.05) is 25.5 Å². The first-order chi connectivity index (χ1) is 14.6. The lowest BCUT2D eigenvalue weighted by molar-refractivity contribution is -0.131. The highest BCUT2D eigenvalue weighted by molar-refractivity contribution is 5.85. The van der Waals surface area contributed by atoms with Gasteiger partial charge < -0.3 is 10.6 Å². The average Bonchev–Trinajstić information content (AvgIpc) is 3.21. The monoisotopic (exact) mass is 399 g/mol. The fraction of sp³-hybridized carbons (Fsp3) is 0.240. The highest BCUT2D eigenvalue weighted by Gasteiger charge is 2.45. The Bertz CT molecular complexity index is 1040. The van der Waals surface area contributed by atoms with Gasteiger partial charge in [0.25, 0.3) is 0 Å². The van der Waals surface area contributed by atoms with Crippen LogP contribution in [0.3, 0.4) is 0 Å². The van der Waals surface area contributed by atoms with Crippen LogP contribution in [0.15, 0.2) is 79.1 Å². The number of hydrogen-bond acceptors (Lipinski definition) is 3. The summed E-state index contributed by atoms with van der Waals surface area (Å²) in [5.74, 6) is -0.311. The summed E-state index contributed by atoms with van der Waals surface area (Å²) >= 11 is 0. The molecule has 0 aliphatic carbocycles. The summed E-state index contributed by atoms with van der Waals surface area (Å²) in [5, 5.41) is 0. The summed E-state index contributed by atoms with van der Waals surface area (Å²) in [6, 6.07) is 21.6. The van der Waals surface area contributed by atoms with E-state index in [-0.39, 0.29) is 11.8 Å². The van der Waals surface area contributed by atoms with Gasteiger partial charge in [-0.25, -0.2) is 0 Å². The van der Waals surface area contributed by atoms with Crippen molar-refractivity contribution >= 4 is 11.8 Å². The number of pyridine rings is 1. The number of likely N-dealkylation sites (tertiary alicyclic amines) is 1. The van der Waals surface area contributed by atoms with Crippen LogP contribution in [0.1, 0.15) is 17.5 Å². The van der Waals surface area contributed by atoms with Gasteiger partial charge in [0.15, 0.2) is 0 Å². The molecule has 2 heterocycles. The number of amides is 2. The number of aromatic nitrogens is 1. The number of primary amides is 1. The second kappa shape index (κ2) is 8.49. The van der Waals surface area contributed by atoms with Crippen LogP contribution in [0, 0.1) is 5.41 Å². The molecule has 5 nitrogen and oxygen atoms in total. The molecule has 0 spiro atoms. The lowest BCUT2D eigenvalue weighted by Crippen LogP contribution is -2.42. The fourth-order valence-corrected chi connectivity index (χ4v) is 4.25. The molecule has 2 aromatic carbocycles. The molecule has 30 heavy (non-hydrogen) atoms. The number of nitrogens with zero attached hydrogens (tertiary/aromatic N) is 2. The van der Waals surface area contributed by atoms with Gasteiger partial charge in [0.2, 0.25) is 11.8 Å². The molecule has 1 aliphatic heterocycles. The highest BCUT2D eigenvalue weighted by atomic mass is 16.2. The molecule has 5 heteroatoms. The van der Waals surface area contributed by atoms with Gasteiger partial charge in [-0.1, -0.05) is 54.6 Å². The van der Waals surface area contributed by atoms with Crippen LogP contribution in [-0.4, -0.2) is 34.8 Å². The van der Waals surface area contributed by atoms with E-state index in [0.29, 0.717) is 32.4 Å². The Kier molecular flexibility index (Phi) is 5.61. The van der Waals surface area contributed by atoms with E-state index in [9.17, 15) is 9.59 Å². The van der Waals surface area contributed by atoms with Gasteiger partial charge in [0.05, 0.1) is 11.8 Å². The third-order valence-electron chi connectivity index (χ3n) is 5.96. The Morgan fingerprint density at radius 1 is 0.967 bits per heavy atom. The van der Waals surface area contributed by atoms with E-state index >= 15 is 0 Å². The summed E-state index contributed by atoms with van der Waals surface area (Å²) in [6.07, 6.45) is 4.94. The minimum atomic E-state index is -0.754. The molecule has 1 fully saturated rings. The SMILES string of the molecule is NC(=O)C1(Cc2ccccc2-c2ccncc2)CCN(C(=O)Cc2ccccc2)C1. The lowest BCUT2D eigenvalue weighted by Gasteiger charge is -2.27. The number of carbonyl (C=O) groups excluding carboxylic acids is 2. The molecule has 3 aromatic rings. The summed E-state index contributed by atoms with van der Waals surface area (Å²) in [7, 11) is 0. The van der Waals surface area contributed by atoms with Crippen molar-refractivity contribution in [2.75, 3.05) is 13.1 Å². The smallest absolute Gasteiger partial charge is 0.227 e. The predicted octanol–water partition coefficient (Wildman–Crippen LogP) is 3.24. The molecule has 1 saturated heterocycles. The standard InChI is InChI=1S/C25H25N3O2/c26-24(30)25(12-15-28(18-25)23(29)16-19-6-2-1-3-7-19)17-21-8-4-5-9-22(21)20-10-13-27-14-11-20/h1-11,13-14H,12,15-18H2,(H2,26,30). The van der Waals surface area contributed by atoms with E-state index in [4.69, 9.17) is 5.73 Å². The Balaban J connectivity index is 1.56. The Hall–Kier alpha value is -3.47. The van der Waals surface area contributed by atoms with Crippen molar-refractivity contribution in [2.45, 2.75) is 19.3 Å². The maximum atomic E-state index is 12.8. The van der Waals surface area contributed by atoms with Crippen LogP contribution < -0.4 is 5.73 Å². The minimum Gasteiger partial charge on any atom is -0.369 e. The highest BCUT2D eigenvalue weighted by Crippen LogP contribution is 2.37. The summed E-state index contributed by atoms with van der Waals surface area (Å²) in [5.41, 5.74) is 9.29. The second-order valence-electron chi connectivity index (χ2n) is 7.94. The van der Waals surface area contributed by atoms with Gasteiger partial charge in [-0.05, 0) is 47.2 Å². The third kappa shape index (κ3) is 4.10. The van der Waals surface area contributed by atoms with E-state index in [0.717, 1.165) is 22.3 Å². The molecule has 0 radical (unpaired) electrons. The van der Waals surface area contributed by atoms with Crippen molar-refractivity contribution in [1.29, 1.82) is 0 Å². The molecule has 1 aromatic heterocycles. The zero-order valence-electron chi connectivity index (χ0n) is 16.8. The number of hydrogen-bond donors (Lipinski definition) is 1. The van der Waals surface area contributed by atoms with Crippen LogP contribution in [-0.2, 0) is 22.4 Å². The summed E-state index contributed by atoms with van der Waals surface area (Å²) in [4.78, 5) is 31.3. The van der Waals surface area contributed by atoms with E-state index in [1.807, 2.05) is 66.7 Å². The molecular formula is C25H25N3O2. The molecular weight excluding hydrogens is 374 g/mol. The van der Waals surface area contributed by atoms with Crippen LogP contribution in [0.25, 0.3) is 11.1 Å². The van der Waals surface area contributed by atoms with E-state index in [2.05, 4.69) is 4.98 Å². The van der Waals surface area contributed by atoms with Crippen molar-refractivity contribution in [3.05, 3.63) is 90.3 Å². The Labute approximate surface area is 176 Å². The fourth-order valence-electron chi connectivity index (χ4n) is 4.25. The maximum absolute atomic E-state index is 12.8. The van der Waals surface area contributed by atoms with Crippen LogP contribution in [0.5, 0.6) is 0 Å². The molecule has 152 valence electrons. The van der Waals surface area contributed by atoms with Crippen molar-refractivity contribution in [2.24, 2.45) is 11.1 Å². The van der Waals surface area contributed by atoms with Crippen molar-refractivity contribution in [3.8, 4) is 11.1 Å². The van der Waals surface area contributed by atoms with Crippen LogP contribution in [0.4, 0.5) is 0 Å². The van der Waals surface area contributed by atoms with E-state index in [1.54, 1.807) is 17.3 Å². The minimum absolute atomic E-state index is 0.0340.